The SMILES string of the molecule is C=C(CCCCC1=CC(C)=CC1)C(C)C(CC)CC1CCCC1. The minimum Gasteiger partial charge on any atom is -0.0996 e. The summed E-state index contributed by atoms with van der Waals surface area (Å²) in [5.74, 6) is 2.60. The van der Waals surface area contributed by atoms with Gasteiger partial charge < -0.3 is 0 Å². The van der Waals surface area contributed by atoms with Gasteiger partial charge in [-0.15, -0.1) is 0 Å². The molecule has 0 aromatic carbocycles. The third-order valence-electron chi connectivity index (χ3n) is 6.35. The van der Waals surface area contributed by atoms with E-state index in [2.05, 4.69) is 39.5 Å². The molecule has 0 bridgehead atoms. The Morgan fingerprint density at radius 3 is 2.61 bits per heavy atom. The zero-order chi connectivity index (χ0) is 16.7. The lowest BCUT2D eigenvalue weighted by atomic mass is 9.78. The van der Waals surface area contributed by atoms with Crippen molar-refractivity contribution < 1.29 is 0 Å². The highest BCUT2D eigenvalue weighted by atomic mass is 14.3. The summed E-state index contributed by atoms with van der Waals surface area (Å²) in [6.45, 7) is 11.5. The summed E-state index contributed by atoms with van der Waals surface area (Å²) >= 11 is 0. The van der Waals surface area contributed by atoms with Crippen LogP contribution in [-0.2, 0) is 0 Å². The van der Waals surface area contributed by atoms with Crippen molar-refractivity contribution in [3.63, 3.8) is 0 Å². The van der Waals surface area contributed by atoms with E-state index in [9.17, 15) is 0 Å². The normalized spacial score (nSPS) is 21.2. The van der Waals surface area contributed by atoms with Crippen molar-refractivity contribution in [1.82, 2.24) is 0 Å². The summed E-state index contributed by atoms with van der Waals surface area (Å²) in [5.41, 5.74) is 4.61. The average molecular weight is 315 g/mol. The van der Waals surface area contributed by atoms with E-state index in [1.807, 2.05) is 0 Å². The van der Waals surface area contributed by atoms with Crippen molar-refractivity contribution in [3.05, 3.63) is 35.5 Å². The number of hydrogen-bond donors (Lipinski definition) is 0. The van der Waals surface area contributed by atoms with E-state index in [1.165, 1.54) is 81.8 Å². The highest BCUT2D eigenvalue weighted by Crippen LogP contribution is 2.36. The van der Waals surface area contributed by atoms with Crippen molar-refractivity contribution in [3.8, 4) is 0 Å². The molecule has 2 aliphatic carbocycles. The van der Waals surface area contributed by atoms with Crippen LogP contribution in [0.1, 0.15) is 91.4 Å². The molecule has 0 aromatic rings. The molecule has 2 aliphatic rings. The van der Waals surface area contributed by atoms with Crippen LogP contribution in [0.5, 0.6) is 0 Å². The van der Waals surface area contributed by atoms with Crippen LogP contribution in [0.4, 0.5) is 0 Å². The van der Waals surface area contributed by atoms with Crippen molar-refractivity contribution >= 4 is 0 Å². The fourth-order valence-electron chi connectivity index (χ4n) is 4.57. The van der Waals surface area contributed by atoms with Gasteiger partial charge in [0.1, 0.15) is 0 Å². The first-order valence-electron chi connectivity index (χ1n) is 10.1. The fraction of sp³-hybridized carbons (Fsp3) is 0.739. The number of hydrogen-bond acceptors (Lipinski definition) is 0. The minimum absolute atomic E-state index is 0.718. The van der Waals surface area contributed by atoms with Gasteiger partial charge in [-0.1, -0.05) is 81.4 Å². The predicted molar refractivity (Wildman–Crippen MR) is 104 cm³/mol. The summed E-state index contributed by atoms with van der Waals surface area (Å²) in [4.78, 5) is 0. The molecule has 1 saturated carbocycles. The summed E-state index contributed by atoms with van der Waals surface area (Å²) in [5, 5.41) is 0. The number of allylic oxidation sites excluding steroid dienone is 5. The Balaban J connectivity index is 1.65. The van der Waals surface area contributed by atoms with Crippen molar-refractivity contribution in [2.24, 2.45) is 17.8 Å². The largest absolute Gasteiger partial charge is 0.0996 e. The van der Waals surface area contributed by atoms with Crippen LogP contribution < -0.4 is 0 Å². The van der Waals surface area contributed by atoms with Gasteiger partial charge in [-0.25, -0.2) is 0 Å². The molecule has 0 saturated heterocycles. The van der Waals surface area contributed by atoms with Gasteiger partial charge in [0.15, 0.2) is 0 Å². The molecule has 0 heteroatoms. The number of rotatable bonds is 10. The van der Waals surface area contributed by atoms with Crippen molar-refractivity contribution in [2.75, 3.05) is 0 Å². The molecule has 0 nitrogen and oxygen atoms in total. The highest BCUT2D eigenvalue weighted by Gasteiger charge is 2.24. The Morgan fingerprint density at radius 2 is 2.00 bits per heavy atom. The molecule has 0 aromatic heterocycles. The third kappa shape index (κ3) is 5.98. The Kier molecular flexibility index (Phi) is 7.66. The molecule has 130 valence electrons. The van der Waals surface area contributed by atoms with Gasteiger partial charge in [0.05, 0.1) is 0 Å². The molecule has 2 unspecified atom stereocenters. The van der Waals surface area contributed by atoms with Crippen LogP contribution in [0.25, 0.3) is 0 Å². The van der Waals surface area contributed by atoms with E-state index in [-0.39, 0.29) is 0 Å². The molecule has 0 heterocycles. The number of unbranched alkanes of at least 4 members (excludes halogenated alkanes) is 1. The van der Waals surface area contributed by atoms with Crippen LogP contribution in [0, 0.1) is 17.8 Å². The van der Waals surface area contributed by atoms with Crippen LogP contribution in [0.15, 0.2) is 35.5 Å². The van der Waals surface area contributed by atoms with Gasteiger partial charge in [0.25, 0.3) is 0 Å². The molecular weight excluding hydrogens is 276 g/mol. The van der Waals surface area contributed by atoms with E-state index >= 15 is 0 Å². The van der Waals surface area contributed by atoms with Crippen LogP contribution in [-0.4, -0.2) is 0 Å². The third-order valence-corrected chi connectivity index (χ3v) is 6.35. The Hall–Kier alpha value is -0.780. The monoisotopic (exact) mass is 314 g/mol. The van der Waals surface area contributed by atoms with Gasteiger partial charge in [0, 0.05) is 0 Å². The van der Waals surface area contributed by atoms with E-state index in [0.717, 1.165) is 17.8 Å². The summed E-state index contributed by atoms with van der Waals surface area (Å²) < 4.78 is 0. The quantitative estimate of drug-likeness (QED) is 0.287. The lowest BCUT2D eigenvalue weighted by Crippen LogP contribution is -2.16. The second-order valence-electron chi connectivity index (χ2n) is 8.16. The second kappa shape index (κ2) is 9.50. The topological polar surface area (TPSA) is 0 Å². The van der Waals surface area contributed by atoms with Crippen molar-refractivity contribution in [2.45, 2.75) is 91.4 Å². The minimum atomic E-state index is 0.718. The molecule has 0 radical (unpaired) electrons. The lowest BCUT2D eigenvalue weighted by molar-refractivity contribution is 0.298. The molecule has 0 amide bonds. The molecule has 2 rings (SSSR count). The molecule has 23 heavy (non-hydrogen) atoms. The standard InChI is InChI=1S/C23H38/c1-5-23(17-21-11-8-9-12-21)20(4)19(3)10-6-7-13-22-15-14-18(2)16-22/h14,16,20-21,23H,3,5-13,15,17H2,1-2,4H3. The Morgan fingerprint density at radius 1 is 1.26 bits per heavy atom. The predicted octanol–water partition coefficient (Wildman–Crippen LogP) is 7.62. The van der Waals surface area contributed by atoms with Gasteiger partial charge in [-0.2, -0.15) is 0 Å². The van der Waals surface area contributed by atoms with E-state index in [4.69, 9.17) is 0 Å². The Bertz CT molecular complexity index is 431. The first-order valence-corrected chi connectivity index (χ1v) is 10.1. The van der Waals surface area contributed by atoms with Gasteiger partial charge >= 0.3 is 0 Å². The summed E-state index contributed by atoms with van der Waals surface area (Å²) in [6, 6.07) is 0. The zero-order valence-corrected chi connectivity index (χ0v) is 15.9. The Labute approximate surface area is 145 Å². The summed E-state index contributed by atoms with van der Waals surface area (Å²) in [7, 11) is 0. The maximum absolute atomic E-state index is 4.45. The molecule has 0 N–H and O–H groups in total. The average Bonchev–Trinajstić information content (AvgIpc) is 3.20. The molecule has 0 spiro atoms. The lowest BCUT2D eigenvalue weighted by Gasteiger charge is -2.27. The fourth-order valence-corrected chi connectivity index (χ4v) is 4.57. The van der Waals surface area contributed by atoms with E-state index in [1.54, 1.807) is 5.57 Å². The summed E-state index contributed by atoms with van der Waals surface area (Å²) in [6.07, 6.45) is 19.8. The van der Waals surface area contributed by atoms with Gasteiger partial charge in [-0.05, 0) is 63.2 Å². The molecular formula is C23H38. The van der Waals surface area contributed by atoms with Crippen molar-refractivity contribution in [1.29, 1.82) is 0 Å². The van der Waals surface area contributed by atoms with Crippen LogP contribution >= 0.6 is 0 Å². The molecule has 1 fully saturated rings. The molecule has 0 aliphatic heterocycles. The van der Waals surface area contributed by atoms with Gasteiger partial charge in [0.2, 0.25) is 0 Å². The maximum Gasteiger partial charge on any atom is -0.0130 e. The van der Waals surface area contributed by atoms with E-state index in [0.29, 0.717) is 0 Å². The van der Waals surface area contributed by atoms with Crippen LogP contribution in [0.2, 0.25) is 0 Å². The zero-order valence-electron chi connectivity index (χ0n) is 15.9. The van der Waals surface area contributed by atoms with E-state index < -0.39 is 0 Å². The highest BCUT2D eigenvalue weighted by molar-refractivity contribution is 5.30. The van der Waals surface area contributed by atoms with Crippen LogP contribution in [0.3, 0.4) is 0 Å². The first-order chi connectivity index (χ1) is 11.1. The van der Waals surface area contributed by atoms with Gasteiger partial charge in [-0.3, -0.25) is 0 Å². The smallest absolute Gasteiger partial charge is 0.0130 e. The molecule has 2 atom stereocenters. The maximum atomic E-state index is 4.45. The second-order valence-corrected chi connectivity index (χ2v) is 8.16. The first kappa shape index (κ1) is 18.6.